The molecule has 0 unspecified atom stereocenters. The van der Waals surface area contributed by atoms with Gasteiger partial charge in [-0.15, -0.1) is 0 Å². The highest BCUT2D eigenvalue weighted by Crippen LogP contribution is 2.30. The lowest BCUT2D eigenvalue weighted by Gasteiger charge is -2.25. The summed E-state index contributed by atoms with van der Waals surface area (Å²) in [4.78, 5) is 63.0. The normalized spacial score (nSPS) is 15.4. The number of hydrogen-bond donors (Lipinski definition) is 7. The molecule has 240 valence electrons. The number of carboxylic acids is 2. The molecular formula is C32H27FN6O8. The lowest BCUT2D eigenvalue weighted by atomic mass is 9.99. The minimum atomic E-state index is -2.27. The van der Waals surface area contributed by atoms with E-state index in [0.29, 0.717) is 22.6 Å². The van der Waals surface area contributed by atoms with E-state index in [4.69, 9.17) is 20.4 Å². The van der Waals surface area contributed by atoms with Gasteiger partial charge < -0.3 is 40.6 Å². The molecule has 0 aliphatic carbocycles. The van der Waals surface area contributed by atoms with E-state index < -0.39 is 47.9 Å². The van der Waals surface area contributed by atoms with E-state index >= 15 is 0 Å². The number of aromatic nitrogens is 3. The average Bonchev–Trinajstić information content (AvgIpc) is 3.73. The third-order valence-corrected chi connectivity index (χ3v) is 7.07. The van der Waals surface area contributed by atoms with Crippen LogP contribution in [0.15, 0.2) is 96.4 Å². The van der Waals surface area contributed by atoms with E-state index in [-0.39, 0.29) is 17.8 Å². The third kappa shape index (κ3) is 7.06. The number of rotatable bonds is 8. The van der Waals surface area contributed by atoms with Gasteiger partial charge in [-0.2, -0.15) is 0 Å². The van der Waals surface area contributed by atoms with Crippen molar-refractivity contribution >= 4 is 46.1 Å². The number of anilines is 1. The number of aliphatic imine (C=N–C) groups is 1. The van der Waals surface area contributed by atoms with Crippen molar-refractivity contribution in [2.45, 2.75) is 24.9 Å². The van der Waals surface area contributed by atoms with E-state index in [0.717, 1.165) is 10.9 Å². The summed E-state index contributed by atoms with van der Waals surface area (Å²) in [6.45, 7) is 0.161. The first-order valence-electron chi connectivity index (χ1n) is 14.0. The summed E-state index contributed by atoms with van der Waals surface area (Å²) in [5.74, 6) is -4.98. The summed E-state index contributed by atoms with van der Waals surface area (Å²) >= 11 is 0. The Morgan fingerprint density at radius 1 is 0.915 bits per heavy atom. The summed E-state index contributed by atoms with van der Waals surface area (Å²) in [6, 6.07) is 22.6. The lowest BCUT2D eigenvalue weighted by Crippen LogP contribution is -2.47. The highest BCUT2D eigenvalue weighted by atomic mass is 19.1. The van der Waals surface area contributed by atoms with E-state index in [2.05, 4.69) is 25.3 Å². The van der Waals surface area contributed by atoms with Gasteiger partial charge in [0.2, 0.25) is 6.17 Å². The number of benzene rings is 3. The van der Waals surface area contributed by atoms with Gasteiger partial charge in [0.25, 0.3) is 11.8 Å². The molecule has 1 aliphatic rings. The molecule has 14 nitrogen and oxygen atoms in total. The fourth-order valence-corrected chi connectivity index (χ4v) is 4.76. The SMILES string of the molecule is O=C(N[C@H]1N=C(c2ccccc2F)c2ccccc2N(Cc2cnc[nH]2)C1=O)c1cc2ccccc2[nH]1.O=C(O)[C@H](O)[C@@H](O)C(=O)O. The van der Waals surface area contributed by atoms with Crippen molar-refractivity contribution in [3.8, 4) is 0 Å². The van der Waals surface area contributed by atoms with Crippen LogP contribution in [-0.4, -0.2) is 83.2 Å². The van der Waals surface area contributed by atoms with Gasteiger partial charge >= 0.3 is 11.9 Å². The van der Waals surface area contributed by atoms with Gasteiger partial charge in [0.05, 0.1) is 30.0 Å². The fourth-order valence-electron chi connectivity index (χ4n) is 4.76. The van der Waals surface area contributed by atoms with Crippen molar-refractivity contribution in [3.63, 3.8) is 0 Å². The number of carbonyl (C=O) groups is 4. The van der Waals surface area contributed by atoms with Crippen LogP contribution in [0.2, 0.25) is 0 Å². The van der Waals surface area contributed by atoms with E-state index in [1.807, 2.05) is 24.3 Å². The molecule has 1 aliphatic heterocycles. The Morgan fingerprint density at radius 3 is 2.19 bits per heavy atom. The van der Waals surface area contributed by atoms with Crippen molar-refractivity contribution in [2.24, 2.45) is 4.99 Å². The number of nitrogens with zero attached hydrogens (tertiary/aromatic N) is 3. The maximum absolute atomic E-state index is 15.0. The number of aromatic amines is 2. The second kappa shape index (κ2) is 13.8. The van der Waals surface area contributed by atoms with Crippen molar-refractivity contribution in [2.75, 3.05) is 4.90 Å². The lowest BCUT2D eigenvalue weighted by molar-refractivity contribution is -0.165. The van der Waals surface area contributed by atoms with Crippen molar-refractivity contribution in [1.29, 1.82) is 0 Å². The molecule has 0 saturated heterocycles. The molecule has 5 aromatic rings. The van der Waals surface area contributed by atoms with Crippen LogP contribution in [0.3, 0.4) is 0 Å². The Hall–Kier alpha value is -6.19. The largest absolute Gasteiger partial charge is 0.479 e. The first kappa shape index (κ1) is 32.2. The molecule has 2 aromatic heterocycles. The monoisotopic (exact) mass is 642 g/mol. The van der Waals surface area contributed by atoms with Crippen LogP contribution in [0, 0.1) is 5.82 Å². The summed E-state index contributed by atoms with van der Waals surface area (Å²) in [7, 11) is 0. The number of nitrogens with one attached hydrogen (secondary N) is 3. The average molecular weight is 643 g/mol. The number of carboxylic acid groups (broad SMARTS) is 2. The van der Waals surface area contributed by atoms with Gasteiger partial charge in [0.1, 0.15) is 11.5 Å². The van der Waals surface area contributed by atoms with Crippen molar-refractivity contribution < 1.29 is 44.0 Å². The zero-order chi connectivity index (χ0) is 33.7. The fraction of sp³-hybridized carbons (Fsp3) is 0.125. The topological polar surface area (TPSA) is 221 Å². The molecule has 7 N–H and O–H groups in total. The van der Waals surface area contributed by atoms with E-state index in [9.17, 15) is 23.6 Å². The number of benzodiazepines with no additional fused rings is 1. The Balaban J connectivity index is 0.000000378. The summed E-state index contributed by atoms with van der Waals surface area (Å²) in [5, 5.41) is 36.1. The summed E-state index contributed by atoms with van der Waals surface area (Å²) < 4.78 is 15.0. The first-order valence-corrected chi connectivity index (χ1v) is 14.0. The quantitative estimate of drug-likeness (QED) is 0.131. The molecule has 47 heavy (non-hydrogen) atoms. The number of aliphatic carboxylic acids is 2. The van der Waals surface area contributed by atoms with Crippen LogP contribution >= 0.6 is 0 Å². The maximum atomic E-state index is 15.0. The second-order valence-corrected chi connectivity index (χ2v) is 10.2. The van der Waals surface area contributed by atoms with Crippen LogP contribution in [0.1, 0.15) is 27.3 Å². The molecule has 0 saturated carbocycles. The maximum Gasteiger partial charge on any atom is 0.335 e. The van der Waals surface area contributed by atoms with E-state index in [1.165, 1.54) is 17.3 Å². The van der Waals surface area contributed by atoms with Gasteiger partial charge in [-0.05, 0) is 30.3 Å². The molecule has 6 rings (SSSR count). The van der Waals surface area contributed by atoms with Gasteiger partial charge in [0, 0.05) is 28.2 Å². The Kier molecular flexibility index (Phi) is 9.49. The molecule has 2 amide bonds. The molecule has 0 spiro atoms. The molecule has 0 fully saturated rings. The van der Waals surface area contributed by atoms with Crippen LogP contribution in [0.5, 0.6) is 0 Å². The minimum absolute atomic E-state index is 0.161. The number of H-pyrrole nitrogens is 2. The number of fused-ring (bicyclic) bond motifs is 2. The zero-order valence-corrected chi connectivity index (χ0v) is 24.2. The number of hydrogen-bond acceptors (Lipinski definition) is 8. The van der Waals surface area contributed by atoms with Gasteiger partial charge in [0.15, 0.2) is 12.2 Å². The van der Waals surface area contributed by atoms with E-state index in [1.54, 1.807) is 54.7 Å². The number of aliphatic hydroxyl groups excluding tert-OH is 2. The highest BCUT2D eigenvalue weighted by molar-refractivity contribution is 6.20. The molecule has 0 bridgehead atoms. The number of carbonyl (C=O) groups excluding carboxylic acids is 2. The highest BCUT2D eigenvalue weighted by Gasteiger charge is 2.34. The molecule has 0 radical (unpaired) electrons. The number of imidazole rings is 1. The molecule has 3 atom stereocenters. The Morgan fingerprint density at radius 2 is 1.55 bits per heavy atom. The second-order valence-electron chi connectivity index (χ2n) is 10.2. The minimum Gasteiger partial charge on any atom is -0.479 e. The molecular weight excluding hydrogens is 615 g/mol. The number of para-hydroxylation sites is 2. The van der Waals surface area contributed by atoms with Crippen molar-refractivity contribution in [1.82, 2.24) is 20.3 Å². The number of aliphatic hydroxyl groups is 2. The number of halogens is 1. The molecule has 3 aromatic carbocycles. The third-order valence-electron chi connectivity index (χ3n) is 7.07. The van der Waals surface area contributed by atoms with Crippen LogP contribution in [0.25, 0.3) is 10.9 Å². The van der Waals surface area contributed by atoms with Gasteiger partial charge in [-0.25, -0.2) is 24.0 Å². The standard InChI is InChI=1S/C28H21FN6O2.C4H6O6/c29-21-10-4-2-8-19(21)25-20-9-3-6-12-24(20)35(15-18-14-30-16-31-18)28(37)26(33-25)34-27(36)23-13-17-7-1-5-11-22(17)32-23;5-1(3(7)8)2(6)4(9)10/h1-14,16,26,32H,15H2,(H,30,31)(H,34,36);1-2,5-6H,(H,7,8)(H,9,10)/t26-;1-,2-/m11/s1. The Labute approximate surface area is 264 Å². The summed E-state index contributed by atoms with van der Waals surface area (Å²) in [5.41, 5.74) is 3.40. The predicted octanol–water partition coefficient (Wildman–Crippen LogP) is 2.05. The van der Waals surface area contributed by atoms with Crippen LogP contribution < -0.4 is 10.2 Å². The first-order chi connectivity index (χ1) is 22.5. The Bertz CT molecular complexity index is 1920. The molecule has 15 heteroatoms. The zero-order valence-electron chi connectivity index (χ0n) is 24.2. The van der Waals surface area contributed by atoms with Crippen molar-refractivity contribution in [3.05, 3.63) is 120 Å². The van der Waals surface area contributed by atoms with Crippen LogP contribution in [0.4, 0.5) is 10.1 Å². The van der Waals surface area contributed by atoms with Gasteiger partial charge in [-0.3, -0.25) is 9.59 Å². The molecule has 3 heterocycles. The number of amides is 2. The summed E-state index contributed by atoms with van der Waals surface area (Å²) in [6.07, 6.45) is -2.68. The predicted molar refractivity (Wildman–Crippen MR) is 165 cm³/mol. The van der Waals surface area contributed by atoms with Crippen LogP contribution in [-0.2, 0) is 20.9 Å². The smallest absolute Gasteiger partial charge is 0.335 e. The van der Waals surface area contributed by atoms with Gasteiger partial charge in [-0.1, -0.05) is 48.5 Å².